The molecule has 6 nitrogen and oxygen atoms in total. The molecule has 0 aromatic rings. The Bertz CT molecular complexity index is 471. The molecule has 0 aliphatic heterocycles. The number of hydrogen-bond donors (Lipinski definition) is 3. The number of aliphatic carboxylic acids is 1. The first-order chi connectivity index (χ1) is 12.5. The number of allylic oxidation sites excluding steroid dienone is 4. The van der Waals surface area contributed by atoms with Gasteiger partial charge in [0.15, 0.2) is 5.78 Å². The van der Waals surface area contributed by atoms with E-state index in [0.29, 0.717) is 19.3 Å². The molecule has 0 radical (unpaired) electrons. The fourth-order valence-corrected chi connectivity index (χ4v) is 2.35. The van der Waals surface area contributed by atoms with Crippen molar-refractivity contribution in [3.63, 3.8) is 0 Å². The average molecular weight is 367 g/mol. The minimum absolute atomic E-state index is 0.143. The number of carbonyl (C=O) groups excluding carboxylic acids is 2. The number of amides is 1. The van der Waals surface area contributed by atoms with Gasteiger partial charge in [0.1, 0.15) is 12.6 Å². The molecule has 148 valence electrons. The number of aliphatic hydroxyl groups excluding tert-OH is 1. The summed E-state index contributed by atoms with van der Waals surface area (Å²) in [6.07, 6.45) is 14.0. The lowest BCUT2D eigenvalue weighted by Gasteiger charge is -2.08. The predicted molar refractivity (Wildman–Crippen MR) is 102 cm³/mol. The van der Waals surface area contributed by atoms with Crippen LogP contribution >= 0.6 is 0 Å². The van der Waals surface area contributed by atoms with Crippen molar-refractivity contribution in [2.75, 3.05) is 6.54 Å². The summed E-state index contributed by atoms with van der Waals surface area (Å²) in [5.74, 6) is -1.43. The number of rotatable bonds is 16. The van der Waals surface area contributed by atoms with Crippen LogP contribution in [-0.2, 0) is 14.4 Å². The van der Waals surface area contributed by atoms with Crippen LogP contribution in [0, 0.1) is 0 Å². The minimum Gasteiger partial charge on any atom is -0.480 e. The molecular weight excluding hydrogens is 334 g/mol. The third kappa shape index (κ3) is 15.6. The fourth-order valence-electron chi connectivity index (χ4n) is 2.35. The first-order valence-electron chi connectivity index (χ1n) is 9.46. The SMILES string of the molecule is CC/C=C\C/C=C\CC(=O)C(O)CCCCCCCC(=O)NCC(=O)O. The molecule has 0 aromatic heterocycles. The summed E-state index contributed by atoms with van der Waals surface area (Å²) < 4.78 is 0. The van der Waals surface area contributed by atoms with Crippen LogP contribution in [0.2, 0.25) is 0 Å². The van der Waals surface area contributed by atoms with Crippen LogP contribution in [0.3, 0.4) is 0 Å². The van der Waals surface area contributed by atoms with Gasteiger partial charge in [-0.2, -0.15) is 0 Å². The van der Waals surface area contributed by atoms with Crippen molar-refractivity contribution < 1.29 is 24.6 Å². The van der Waals surface area contributed by atoms with E-state index in [1.165, 1.54) is 0 Å². The third-order valence-corrected chi connectivity index (χ3v) is 3.85. The van der Waals surface area contributed by atoms with Crippen molar-refractivity contribution in [3.05, 3.63) is 24.3 Å². The number of carboxylic acid groups (broad SMARTS) is 1. The van der Waals surface area contributed by atoms with Gasteiger partial charge >= 0.3 is 5.97 Å². The number of carboxylic acids is 1. The molecule has 26 heavy (non-hydrogen) atoms. The highest BCUT2D eigenvalue weighted by atomic mass is 16.4. The molecule has 1 amide bonds. The minimum atomic E-state index is -1.05. The number of hydrogen-bond acceptors (Lipinski definition) is 4. The maximum absolute atomic E-state index is 11.8. The molecule has 0 aliphatic rings. The van der Waals surface area contributed by atoms with Gasteiger partial charge in [-0.3, -0.25) is 14.4 Å². The van der Waals surface area contributed by atoms with E-state index in [4.69, 9.17) is 5.11 Å². The lowest BCUT2D eigenvalue weighted by Crippen LogP contribution is -2.28. The van der Waals surface area contributed by atoms with Gasteiger partial charge in [-0.05, 0) is 25.7 Å². The topological polar surface area (TPSA) is 104 Å². The number of nitrogens with one attached hydrogen (secondary N) is 1. The Hall–Kier alpha value is -1.95. The van der Waals surface area contributed by atoms with E-state index in [1.807, 2.05) is 12.2 Å². The molecule has 3 N–H and O–H groups in total. The molecular formula is C20H33NO5. The zero-order valence-corrected chi connectivity index (χ0v) is 15.8. The van der Waals surface area contributed by atoms with E-state index in [-0.39, 0.29) is 24.7 Å². The van der Waals surface area contributed by atoms with E-state index in [2.05, 4.69) is 18.3 Å². The number of unbranched alkanes of at least 4 members (excludes halogenated alkanes) is 4. The maximum Gasteiger partial charge on any atom is 0.322 e. The zero-order valence-electron chi connectivity index (χ0n) is 15.8. The molecule has 0 fully saturated rings. The molecule has 1 atom stereocenters. The second-order valence-corrected chi connectivity index (χ2v) is 6.25. The van der Waals surface area contributed by atoms with Crippen molar-refractivity contribution in [2.45, 2.75) is 77.2 Å². The second kappa shape index (κ2) is 16.5. The summed E-state index contributed by atoms with van der Waals surface area (Å²) in [5, 5.41) is 20.6. The standard InChI is InChI=1S/C20H33NO5/c1-2-3-4-5-7-10-13-17(22)18(23)14-11-8-6-9-12-15-19(24)21-16-20(25)26/h3-4,7,10,18,23H,2,5-6,8-9,11-16H2,1H3,(H,21,24)(H,25,26)/b4-3-,10-7-. The van der Waals surface area contributed by atoms with Crippen molar-refractivity contribution in [2.24, 2.45) is 0 Å². The van der Waals surface area contributed by atoms with Crippen LogP contribution in [0.5, 0.6) is 0 Å². The van der Waals surface area contributed by atoms with Gasteiger partial charge in [-0.15, -0.1) is 0 Å². The van der Waals surface area contributed by atoms with Gasteiger partial charge in [0.2, 0.25) is 5.91 Å². The molecule has 0 saturated heterocycles. The Morgan fingerprint density at radius 2 is 1.62 bits per heavy atom. The highest BCUT2D eigenvalue weighted by Gasteiger charge is 2.12. The van der Waals surface area contributed by atoms with Crippen molar-refractivity contribution in [1.29, 1.82) is 0 Å². The molecule has 0 aliphatic carbocycles. The van der Waals surface area contributed by atoms with Crippen LogP contribution in [-0.4, -0.2) is 40.5 Å². The highest BCUT2D eigenvalue weighted by Crippen LogP contribution is 2.10. The number of carbonyl (C=O) groups is 3. The summed E-state index contributed by atoms with van der Waals surface area (Å²) in [6.45, 7) is 1.73. The lowest BCUT2D eigenvalue weighted by atomic mass is 10.0. The molecule has 6 heteroatoms. The normalized spacial score (nSPS) is 12.5. The van der Waals surface area contributed by atoms with Crippen molar-refractivity contribution >= 4 is 17.7 Å². The molecule has 0 spiro atoms. The smallest absolute Gasteiger partial charge is 0.322 e. The summed E-state index contributed by atoms with van der Waals surface area (Å²) in [4.78, 5) is 33.4. The molecule has 0 rings (SSSR count). The Kier molecular flexibility index (Phi) is 15.3. The number of Topliss-reactive ketones (excluding diaryl/α,β-unsaturated/α-hetero) is 1. The Labute approximate surface area is 156 Å². The highest BCUT2D eigenvalue weighted by molar-refractivity contribution is 5.84. The Morgan fingerprint density at radius 1 is 0.962 bits per heavy atom. The van der Waals surface area contributed by atoms with Gasteiger partial charge in [-0.25, -0.2) is 0 Å². The Morgan fingerprint density at radius 3 is 2.31 bits per heavy atom. The van der Waals surface area contributed by atoms with Gasteiger partial charge in [0.25, 0.3) is 0 Å². The molecule has 0 heterocycles. The van der Waals surface area contributed by atoms with E-state index in [9.17, 15) is 19.5 Å². The fraction of sp³-hybridized carbons (Fsp3) is 0.650. The van der Waals surface area contributed by atoms with Gasteiger partial charge in [-0.1, -0.05) is 56.9 Å². The largest absolute Gasteiger partial charge is 0.480 e. The Balaban J connectivity index is 3.59. The van der Waals surface area contributed by atoms with Crippen molar-refractivity contribution in [3.8, 4) is 0 Å². The van der Waals surface area contributed by atoms with Gasteiger partial charge in [0.05, 0.1) is 0 Å². The van der Waals surface area contributed by atoms with Crippen LogP contribution in [0.25, 0.3) is 0 Å². The third-order valence-electron chi connectivity index (χ3n) is 3.85. The van der Waals surface area contributed by atoms with E-state index < -0.39 is 12.1 Å². The zero-order chi connectivity index (χ0) is 19.6. The first kappa shape index (κ1) is 24.1. The summed E-state index contributed by atoms with van der Waals surface area (Å²) in [5.41, 5.74) is 0. The van der Waals surface area contributed by atoms with Crippen LogP contribution in [0.15, 0.2) is 24.3 Å². The molecule has 0 saturated carbocycles. The summed E-state index contributed by atoms with van der Waals surface area (Å²) >= 11 is 0. The van der Waals surface area contributed by atoms with Gasteiger partial charge in [0, 0.05) is 12.8 Å². The monoisotopic (exact) mass is 367 g/mol. The lowest BCUT2D eigenvalue weighted by molar-refractivity contribution is -0.138. The van der Waals surface area contributed by atoms with Gasteiger partial charge < -0.3 is 15.5 Å². The summed E-state index contributed by atoms with van der Waals surface area (Å²) in [6, 6.07) is 0. The van der Waals surface area contributed by atoms with E-state index in [0.717, 1.165) is 38.5 Å². The second-order valence-electron chi connectivity index (χ2n) is 6.25. The number of ketones is 1. The predicted octanol–water partition coefficient (Wildman–Crippen LogP) is 3.15. The molecule has 0 bridgehead atoms. The van der Waals surface area contributed by atoms with E-state index >= 15 is 0 Å². The number of aliphatic hydroxyl groups is 1. The van der Waals surface area contributed by atoms with Crippen LogP contribution in [0.1, 0.15) is 71.1 Å². The maximum atomic E-state index is 11.8. The van der Waals surface area contributed by atoms with Crippen molar-refractivity contribution in [1.82, 2.24) is 5.32 Å². The quantitative estimate of drug-likeness (QED) is 0.287. The summed E-state index contributed by atoms with van der Waals surface area (Å²) in [7, 11) is 0. The molecule has 1 unspecified atom stereocenters. The van der Waals surface area contributed by atoms with Crippen LogP contribution in [0.4, 0.5) is 0 Å². The average Bonchev–Trinajstić information content (AvgIpc) is 2.61. The van der Waals surface area contributed by atoms with E-state index in [1.54, 1.807) is 6.08 Å². The molecule has 0 aromatic carbocycles. The first-order valence-corrected chi connectivity index (χ1v) is 9.46. The van der Waals surface area contributed by atoms with Crippen LogP contribution < -0.4 is 5.32 Å².